The summed E-state index contributed by atoms with van der Waals surface area (Å²) in [5.74, 6) is -0.762. The molecule has 0 atom stereocenters. The average molecular weight is 519 g/mol. The maximum absolute atomic E-state index is 13.3. The molecule has 38 heavy (non-hydrogen) atoms. The lowest BCUT2D eigenvalue weighted by Gasteiger charge is -2.23. The van der Waals surface area contributed by atoms with Crippen molar-refractivity contribution in [3.63, 3.8) is 0 Å². The Morgan fingerprint density at radius 2 is 1.37 bits per heavy atom. The second-order valence-corrected chi connectivity index (χ2v) is 8.59. The van der Waals surface area contributed by atoms with Gasteiger partial charge in [-0.3, -0.25) is 9.78 Å². The van der Waals surface area contributed by atoms with E-state index in [0.29, 0.717) is 12.2 Å². The molecule has 0 N–H and O–H groups in total. The van der Waals surface area contributed by atoms with Crippen LogP contribution in [-0.2, 0) is 24.0 Å². The fraction of sp³-hybridized carbons (Fsp3) is 0.167. The summed E-state index contributed by atoms with van der Waals surface area (Å²) in [4.78, 5) is 30.9. The topological polar surface area (TPSA) is 59.5 Å². The van der Waals surface area contributed by atoms with Gasteiger partial charge in [-0.25, -0.2) is 4.79 Å². The van der Waals surface area contributed by atoms with E-state index in [1.165, 1.54) is 12.1 Å². The Labute approximate surface area is 218 Å². The van der Waals surface area contributed by atoms with Gasteiger partial charge in [0, 0.05) is 31.0 Å². The molecule has 0 aliphatic carbocycles. The fourth-order valence-corrected chi connectivity index (χ4v) is 3.93. The van der Waals surface area contributed by atoms with E-state index in [2.05, 4.69) is 4.98 Å². The quantitative estimate of drug-likeness (QED) is 0.241. The predicted octanol–water partition coefficient (Wildman–Crippen LogP) is 6.79. The number of amides is 1. The van der Waals surface area contributed by atoms with Gasteiger partial charge in [0.15, 0.2) is 0 Å². The van der Waals surface area contributed by atoms with Crippen molar-refractivity contribution >= 4 is 11.9 Å². The number of esters is 1. The number of hydrogen-bond acceptors (Lipinski definition) is 4. The van der Waals surface area contributed by atoms with Crippen LogP contribution in [0.25, 0.3) is 11.1 Å². The fourth-order valence-electron chi connectivity index (χ4n) is 3.93. The van der Waals surface area contributed by atoms with Crippen LogP contribution >= 0.6 is 0 Å². The normalized spacial score (nSPS) is 11.2. The van der Waals surface area contributed by atoms with Crippen LogP contribution in [0, 0.1) is 0 Å². The molecular weight excluding hydrogens is 493 g/mol. The lowest BCUT2D eigenvalue weighted by atomic mass is 10.0. The molecule has 0 aliphatic rings. The SMILES string of the molecule is CCOC(=O)c1ccc(-c2ccc(CN(Cc3cccnc3)C(=O)c3ccc(C(F)(F)F)cc3)cc2)cc1. The number of ether oxygens (including phenoxy) is 1. The first-order valence-corrected chi connectivity index (χ1v) is 12.0. The third-order valence-corrected chi connectivity index (χ3v) is 5.90. The van der Waals surface area contributed by atoms with Gasteiger partial charge in [0.2, 0.25) is 0 Å². The monoisotopic (exact) mass is 518 g/mol. The minimum absolute atomic E-state index is 0.167. The summed E-state index contributed by atoms with van der Waals surface area (Å²) in [7, 11) is 0. The van der Waals surface area contributed by atoms with Crippen molar-refractivity contribution in [2.24, 2.45) is 0 Å². The zero-order valence-electron chi connectivity index (χ0n) is 20.6. The van der Waals surface area contributed by atoms with Crippen molar-refractivity contribution in [1.82, 2.24) is 9.88 Å². The number of alkyl halides is 3. The molecule has 0 spiro atoms. The van der Waals surface area contributed by atoms with E-state index in [1.54, 1.807) is 42.4 Å². The van der Waals surface area contributed by atoms with Gasteiger partial charge in [0.1, 0.15) is 0 Å². The second kappa shape index (κ2) is 11.7. The molecule has 4 rings (SSSR count). The summed E-state index contributed by atoms with van der Waals surface area (Å²) in [6.07, 6.45) is -1.20. The molecule has 194 valence electrons. The van der Waals surface area contributed by atoms with Gasteiger partial charge >= 0.3 is 12.1 Å². The predicted molar refractivity (Wildman–Crippen MR) is 137 cm³/mol. The summed E-state index contributed by atoms with van der Waals surface area (Å²) >= 11 is 0. The van der Waals surface area contributed by atoms with Crippen molar-refractivity contribution in [2.45, 2.75) is 26.2 Å². The second-order valence-electron chi connectivity index (χ2n) is 8.59. The highest BCUT2D eigenvalue weighted by molar-refractivity contribution is 5.94. The van der Waals surface area contributed by atoms with Crippen LogP contribution in [0.3, 0.4) is 0 Å². The van der Waals surface area contributed by atoms with E-state index in [4.69, 9.17) is 4.74 Å². The summed E-state index contributed by atoms with van der Waals surface area (Å²) in [5, 5.41) is 0. The molecule has 4 aromatic rings. The van der Waals surface area contributed by atoms with Crippen molar-refractivity contribution in [3.8, 4) is 11.1 Å². The minimum atomic E-state index is -4.47. The number of halogens is 3. The minimum Gasteiger partial charge on any atom is -0.462 e. The van der Waals surface area contributed by atoms with Gasteiger partial charge in [-0.2, -0.15) is 13.2 Å². The first kappa shape index (κ1) is 26.6. The van der Waals surface area contributed by atoms with Crippen LogP contribution in [0.2, 0.25) is 0 Å². The van der Waals surface area contributed by atoms with E-state index in [0.717, 1.165) is 34.4 Å². The standard InChI is InChI=1S/C30H25F3N2O3/c1-2-38-29(37)26-11-9-24(10-12-26)23-7-5-21(6-8-23)19-35(20-22-4-3-17-34-18-22)28(36)25-13-15-27(16-14-25)30(31,32)33/h3-18H,2,19-20H2,1H3. The smallest absolute Gasteiger partial charge is 0.416 e. The molecule has 0 aliphatic heterocycles. The number of nitrogens with zero attached hydrogens (tertiary/aromatic N) is 2. The highest BCUT2D eigenvalue weighted by atomic mass is 19.4. The van der Waals surface area contributed by atoms with Crippen LogP contribution in [0.1, 0.15) is 44.3 Å². The number of hydrogen-bond donors (Lipinski definition) is 0. The Kier molecular flexibility index (Phi) is 8.21. The van der Waals surface area contributed by atoms with Gasteiger partial charge in [0.05, 0.1) is 17.7 Å². The lowest BCUT2D eigenvalue weighted by Crippen LogP contribution is -2.30. The molecule has 0 fully saturated rings. The van der Waals surface area contributed by atoms with Gasteiger partial charge < -0.3 is 9.64 Å². The highest BCUT2D eigenvalue weighted by Gasteiger charge is 2.30. The molecule has 1 aromatic heterocycles. The molecule has 0 unspecified atom stereocenters. The molecule has 5 nitrogen and oxygen atoms in total. The average Bonchev–Trinajstić information content (AvgIpc) is 2.93. The third kappa shape index (κ3) is 6.64. The third-order valence-electron chi connectivity index (χ3n) is 5.90. The highest BCUT2D eigenvalue weighted by Crippen LogP contribution is 2.29. The van der Waals surface area contributed by atoms with Crippen LogP contribution in [0.5, 0.6) is 0 Å². The Morgan fingerprint density at radius 1 is 0.789 bits per heavy atom. The summed E-state index contributed by atoms with van der Waals surface area (Å²) < 4.78 is 43.9. The first-order chi connectivity index (χ1) is 18.2. The number of carbonyl (C=O) groups is 2. The summed E-state index contributed by atoms with van der Waals surface area (Å²) in [6, 6.07) is 22.5. The van der Waals surface area contributed by atoms with Gasteiger partial charge in [-0.15, -0.1) is 0 Å². The number of pyridine rings is 1. The molecule has 1 amide bonds. The number of aromatic nitrogens is 1. The molecule has 1 heterocycles. The molecule has 0 saturated carbocycles. The van der Waals surface area contributed by atoms with Gasteiger partial charge in [0.25, 0.3) is 5.91 Å². The van der Waals surface area contributed by atoms with E-state index >= 15 is 0 Å². The molecule has 3 aromatic carbocycles. The Morgan fingerprint density at radius 3 is 1.92 bits per heavy atom. The lowest BCUT2D eigenvalue weighted by molar-refractivity contribution is -0.137. The molecule has 0 radical (unpaired) electrons. The van der Waals surface area contributed by atoms with Crippen LogP contribution in [0.15, 0.2) is 97.3 Å². The molecule has 0 bridgehead atoms. The maximum Gasteiger partial charge on any atom is 0.416 e. The zero-order valence-corrected chi connectivity index (χ0v) is 20.6. The van der Waals surface area contributed by atoms with Crippen molar-refractivity contribution in [1.29, 1.82) is 0 Å². The van der Waals surface area contributed by atoms with E-state index < -0.39 is 11.7 Å². The van der Waals surface area contributed by atoms with Crippen LogP contribution < -0.4 is 0 Å². The Balaban J connectivity index is 1.53. The van der Waals surface area contributed by atoms with E-state index in [1.807, 2.05) is 42.5 Å². The van der Waals surface area contributed by atoms with E-state index in [9.17, 15) is 22.8 Å². The van der Waals surface area contributed by atoms with Gasteiger partial charge in [-0.1, -0.05) is 42.5 Å². The Bertz CT molecular complexity index is 1370. The first-order valence-electron chi connectivity index (χ1n) is 12.0. The van der Waals surface area contributed by atoms with Crippen LogP contribution in [-0.4, -0.2) is 28.4 Å². The zero-order chi connectivity index (χ0) is 27.1. The van der Waals surface area contributed by atoms with Crippen molar-refractivity contribution < 1.29 is 27.5 Å². The largest absolute Gasteiger partial charge is 0.462 e. The molecule has 0 saturated heterocycles. The van der Waals surface area contributed by atoms with Gasteiger partial charge in [-0.05, 0) is 71.6 Å². The summed E-state index contributed by atoms with van der Waals surface area (Å²) in [5.41, 5.74) is 3.32. The number of carbonyl (C=O) groups excluding carboxylic acids is 2. The van der Waals surface area contributed by atoms with Crippen molar-refractivity contribution in [2.75, 3.05) is 6.61 Å². The molecular formula is C30H25F3N2O3. The van der Waals surface area contributed by atoms with Crippen LogP contribution in [0.4, 0.5) is 13.2 Å². The molecule has 8 heteroatoms. The van der Waals surface area contributed by atoms with Crippen molar-refractivity contribution in [3.05, 3.63) is 125 Å². The Hall–Kier alpha value is -4.46. The maximum atomic E-state index is 13.3. The summed E-state index contributed by atoms with van der Waals surface area (Å²) in [6.45, 7) is 2.55. The van der Waals surface area contributed by atoms with E-state index in [-0.39, 0.29) is 30.5 Å². The number of benzene rings is 3. The number of rotatable bonds is 8.